The Bertz CT molecular complexity index is 752. The number of hydrogen-bond donors (Lipinski definition) is 2. The van der Waals surface area contributed by atoms with Crippen molar-refractivity contribution in [2.24, 2.45) is 12.8 Å². The third-order valence-electron chi connectivity index (χ3n) is 4.79. The summed E-state index contributed by atoms with van der Waals surface area (Å²) in [4.78, 5) is 8.97. The zero-order valence-electron chi connectivity index (χ0n) is 14.3. The maximum atomic E-state index is 6.36. The van der Waals surface area contributed by atoms with Crippen LogP contribution >= 0.6 is 11.6 Å². The van der Waals surface area contributed by atoms with Crippen molar-refractivity contribution in [2.45, 2.75) is 56.7 Å². The fourth-order valence-electron chi connectivity index (χ4n) is 3.14. The molecule has 0 radical (unpaired) electrons. The predicted octanol–water partition coefficient (Wildman–Crippen LogP) is 2.75. The van der Waals surface area contributed by atoms with Crippen molar-refractivity contribution < 1.29 is 4.74 Å². The molecule has 0 aromatic carbocycles. The molecule has 2 saturated carbocycles. The summed E-state index contributed by atoms with van der Waals surface area (Å²) in [5.74, 6) is 1.29. The molecule has 0 amide bonds. The van der Waals surface area contributed by atoms with Crippen molar-refractivity contribution >= 4 is 17.5 Å². The second-order valence-electron chi connectivity index (χ2n) is 6.95. The lowest BCUT2D eigenvalue weighted by atomic mass is 9.92. The molecule has 8 heteroatoms. The third-order valence-corrected chi connectivity index (χ3v) is 5.07. The molecule has 2 aromatic rings. The summed E-state index contributed by atoms with van der Waals surface area (Å²) in [6, 6.07) is 0.669. The van der Waals surface area contributed by atoms with Crippen LogP contribution in [0.4, 0.5) is 5.95 Å². The largest absolute Gasteiger partial charge is 0.474 e. The lowest BCUT2D eigenvalue weighted by molar-refractivity contribution is 0.277. The Kier molecular flexibility index (Phi) is 4.52. The molecule has 4 rings (SSSR count). The molecule has 25 heavy (non-hydrogen) atoms. The van der Waals surface area contributed by atoms with Crippen LogP contribution in [0.1, 0.15) is 38.5 Å². The van der Waals surface area contributed by atoms with Gasteiger partial charge >= 0.3 is 0 Å². The molecule has 0 spiro atoms. The van der Waals surface area contributed by atoms with Crippen LogP contribution in [-0.2, 0) is 7.05 Å². The van der Waals surface area contributed by atoms with E-state index in [9.17, 15) is 0 Å². The number of anilines is 1. The summed E-state index contributed by atoms with van der Waals surface area (Å²) in [6.45, 7) is 0. The molecule has 0 atom stereocenters. The van der Waals surface area contributed by atoms with E-state index in [0.29, 0.717) is 34.6 Å². The molecule has 2 aliphatic rings. The molecular weight excluding hydrogens is 340 g/mol. The van der Waals surface area contributed by atoms with Crippen molar-refractivity contribution in [3.8, 4) is 17.1 Å². The van der Waals surface area contributed by atoms with Gasteiger partial charge in [0.15, 0.2) is 0 Å². The minimum Gasteiger partial charge on any atom is -0.474 e. The molecular formula is C17H23ClN6O. The Morgan fingerprint density at radius 3 is 2.68 bits per heavy atom. The molecule has 0 aliphatic heterocycles. The predicted molar refractivity (Wildman–Crippen MR) is 96.7 cm³/mol. The molecule has 3 N–H and O–H groups in total. The first-order valence-electron chi connectivity index (χ1n) is 8.84. The Balaban J connectivity index is 1.57. The molecule has 2 aromatic heterocycles. The number of aryl methyl sites for hydroxylation is 1. The highest BCUT2D eigenvalue weighted by Gasteiger charge is 2.28. The van der Waals surface area contributed by atoms with Crippen LogP contribution < -0.4 is 15.8 Å². The maximum absolute atomic E-state index is 6.36. The standard InChI is InChI=1S/C17H23ClN6O/c1-24-16(25-12-6-7-12)13(8-21-24)15-14(18)9-20-17(23-15)22-11-4-2-10(19)3-5-11/h8-12H,2-7,19H2,1H3,(H,20,22,23). The molecule has 2 fully saturated rings. The first kappa shape index (κ1) is 16.6. The summed E-state index contributed by atoms with van der Waals surface area (Å²) in [6.07, 6.45) is 9.94. The zero-order valence-corrected chi connectivity index (χ0v) is 15.0. The number of nitrogens with one attached hydrogen (secondary N) is 1. The zero-order chi connectivity index (χ0) is 17.4. The van der Waals surface area contributed by atoms with E-state index in [-0.39, 0.29) is 6.10 Å². The van der Waals surface area contributed by atoms with Gasteiger partial charge in [-0.3, -0.25) is 0 Å². The van der Waals surface area contributed by atoms with Gasteiger partial charge in [-0.25, -0.2) is 14.6 Å². The van der Waals surface area contributed by atoms with Crippen LogP contribution in [0.3, 0.4) is 0 Å². The monoisotopic (exact) mass is 362 g/mol. The average Bonchev–Trinajstić information content (AvgIpc) is 3.35. The molecule has 2 heterocycles. The average molecular weight is 363 g/mol. The van der Waals surface area contributed by atoms with Crippen molar-refractivity contribution in [2.75, 3.05) is 5.32 Å². The molecule has 134 valence electrons. The minimum atomic E-state index is 0.277. The van der Waals surface area contributed by atoms with Crippen LogP contribution in [0.15, 0.2) is 12.4 Å². The highest BCUT2D eigenvalue weighted by atomic mass is 35.5. The van der Waals surface area contributed by atoms with Gasteiger partial charge in [0.25, 0.3) is 0 Å². The van der Waals surface area contributed by atoms with E-state index in [4.69, 9.17) is 22.1 Å². The van der Waals surface area contributed by atoms with E-state index < -0.39 is 0 Å². The fourth-order valence-corrected chi connectivity index (χ4v) is 3.34. The van der Waals surface area contributed by atoms with Gasteiger partial charge in [0, 0.05) is 19.1 Å². The molecule has 2 aliphatic carbocycles. The van der Waals surface area contributed by atoms with Gasteiger partial charge in [0.2, 0.25) is 11.8 Å². The van der Waals surface area contributed by atoms with E-state index in [1.807, 2.05) is 7.05 Å². The van der Waals surface area contributed by atoms with Crippen molar-refractivity contribution in [3.63, 3.8) is 0 Å². The Hall–Kier alpha value is -1.86. The second-order valence-corrected chi connectivity index (χ2v) is 7.36. The van der Waals surface area contributed by atoms with Gasteiger partial charge in [-0.1, -0.05) is 11.6 Å². The molecule has 0 bridgehead atoms. The van der Waals surface area contributed by atoms with Crippen molar-refractivity contribution in [1.82, 2.24) is 19.7 Å². The quantitative estimate of drug-likeness (QED) is 0.849. The van der Waals surface area contributed by atoms with Gasteiger partial charge in [0.05, 0.1) is 23.0 Å². The lowest BCUT2D eigenvalue weighted by Gasteiger charge is -2.26. The van der Waals surface area contributed by atoms with E-state index in [0.717, 1.165) is 44.1 Å². The van der Waals surface area contributed by atoms with Crippen LogP contribution in [0, 0.1) is 0 Å². The normalized spacial score (nSPS) is 23.5. The summed E-state index contributed by atoms with van der Waals surface area (Å²) in [5.41, 5.74) is 7.42. The highest BCUT2D eigenvalue weighted by Crippen LogP contribution is 2.36. The Morgan fingerprint density at radius 2 is 1.96 bits per heavy atom. The number of ether oxygens (including phenoxy) is 1. The van der Waals surface area contributed by atoms with Gasteiger partial charge in [0.1, 0.15) is 11.8 Å². The lowest BCUT2D eigenvalue weighted by Crippen LogP contribution is -2.33. The second kappa shape index (κ2) is 6.80. The number of halogens is 1. The first-order valence-corrected chi connectivity index (χ1v) is 9.21. The van der Waals surface area contributed by atoms with Gasteiger partial charge < -0.3 is 15.8 Å². The summed E-state index contributed by atoms with van der Waals surface area (Å²) >= 11 is 6.36. The Labute approximate surface area is 151 Å². The molecule has 7 nitrogen and oxygen atoms in total. The van der Waals surface area contributed by atoms with Crippen LogP contribution in [0.2, 0.25) is 5.02 Å². The summed E-state index contributed by atoms with van der Waals surface area (Å²) in [5, 5.41) is 8.21. The van der Waals surface area contributed by atoms with Crippen LogP contribution in [0.5, 0.6) is 5.88 Å². The summed E-state index contributed by atoms with van der Waals surface area (Å²) in [7, 11) is 1.86. The van der Waals surface area contributed by atoms with E-state index in [1.54, 1.807) is 17.1 Å². The van der Waals surface area contributed by atoms with Crippen LogP contribution in [-0.4, -0.2) is 37.9 Å². The Morgan fingerprint density at radius 1 is 1.20 bits per heavy atom. The number of nitrogens with two attached hydrogens (primary N) is 1. The molecule has 0 saturated heterocycles. The first-order chi connectivity index (χ1) is 12.1. The van der Waals surface area contributed by atoms with Gasteiger partial charge in [-0.05, 0) is 38.5 Å². The van der Waals surface area contributed by atoms with E-state index in [1.165, 1.54) is 0 Å². The van der Waals surface area contributed by atoms with E-state index >= 15 is 0 Å². The van der Waals surface area contributed by atoms with Crippen LogP contribution in [0.25, 0.3) is 11.3 Å². The van der Waals surface area contributed by atoms with Gasteiger partial charge in [-0.2, -0.15) is 5.10 Å². The van der Waals surface area contributed by atoms with Crippen molar-refractivity contribution in [1.29, 1.82) is 0 Å². The van der Waals surface area contributed by atoms with Crippen molar-refractivity contribution in [3.05, 3.63) is 17.4 Å². The number of hydrogen-bond acceptors (Lipinski definition) is 6. The van der Waals surface area contributed by atoms with Gasteiger partial charge in [-0.15, -0.1) is 0 Å². The fraction of sp³-hybridized carbons (Fsp3) is 0.588. The number of nitrogens with zero attached hydrogens (tertiary/aromatic N) is 4. The topological polar surface area (TPSA) is 90.9 Å². The number of rotatable bonds is 5. The molecule has 0 unspecified atom stereocenters. The van der Waals surface area contributed by atoms with E-state index in [2.05, 4.69) is 20.4 Å². The highest BCUT2D eigenvalue weighted by molar-refractivity contribution is 6.33. The summed E-state index contributed by atoms with van der Waals surface area (Å²) < 4.78 is 7.71. The third kappa shape index (κ3) is 3.72. The maximum Gasteiger partial charge on any atom is 0.223 e. The number of aromatic nitrogens is 4. The SMILES string of the molecule is Cn1ncc(-c2nc(NC3CCC(N)CC3)ncc2Cl)c1OC1CC1. The smallest absolute Gasteiger partial charge is 0.223 e. The minimum absolute atomic E-state index is 0.277.